The van der Waals surface area contributed by atoms with E-state index in [1.54, 1.807) is 23.8 Å². The van der Waals surface area contributed by atoms with E-state index in [4.69, 9.17) is 5.21 Å². The summed E-state index contributed by atoms with van der Waals surface area (Å²) < 4.78 is 61.0. The number of nitrogens with one attached hydrogen (secondary N) is 1. The van der Waals surface area contributed by atoms with E-state index in [0.29, 0.717) is 19.0 Å². The maximum atomic E-state index is 13.2. The van der Waals surface area contributed by atoms with Crippen LogP contribution in [0, 0.1) is 35.2 Å². The molecule has 0 fully saturated rings. The van der Waals surface area contributed by atoms with Crippen molar-refractivity contribution in [2.24, 2.45) is 0 Å². The largest absolute Gasteiger partial charge is 2.00 e. The van der Waals surface area contributed by atoms with Crippen molar-refractivity contribution in [2.75, 3.05) is 0 Å². The second-order valence-electron chi connectivity index (χ2n) is 6.84. The van der Waals surface area contributed by atoms with Crippen molar-refractivity contribution >= 4 is 5.91 Å². The number of halogens is 5. The van der Waals surface area contributed by atoms with Gasteiger partial charge in [0, 0.05) is 29.9 Å². The Labute approximate surface area is 206 Å². The monoisotopic (exact) mass is 657 g/mol. The van der Waals surface area contributed by atoms with Gasteiger partial charge in [0.2, 0.25) is 5.91 Å². The molecule has 0 radical (unpaired) electrons. The van der Waals surface area contributed by atoms with Crippen molar-refractivity contribution in [2.45, 2.75) is 32.4 Å². The quantitative estimate of drug-likeness (QED) is 0.0903. The molecule has 1 aromatic heterocycles. The second-order valence-corrected chi connectivity index (χ2v) is 6.84. The van der Waals surface area contributed by atoms with Gasteiger partial charge in [0.15, 0.2) is 0 Å². The number of carbonyl (C=O) groups excluding carboxylic acids is 1. The van der Waals surface area contributed by atoms with Crippen molar-refractivity contribution in [1.82, 2.24) is 10.5 Å². The van der Waals surface area contributed by atoms with Gasteiger partial charge >= 0.3 is 19.8 Å². The summed E-state index contributed by atoms with van der Waals surface area (Å²) in [6.45, 7) is 2.35. The molecule has 5 nitrogen and oxygen atoms in total. The number of hydrogen-bond acceptors (Lipinski definition) is 3. The van der Waals surface area contributed by atoms with Crippen LogP contribution in [0.1, 0.15) is 36.2 Å². The number of pyridine rings is 1. The Morgan fingerprint density at radius 1 is 1.15 bits per heavy atom. The molecule has 3 rings (SSSR count). The smallest absolute Gasteiger partial charge is 0.651 e. The summed E-state index contributed by atoms with van der Waals surface area (Å²) in [5, 5.41) is 12.9. The zero-order chi connectivity index (χ0) is 24.4. The van der Waals surface area contributed by atoms with Crippen LogP contribution < -0.4 is 5.48 Å². The van der Waals surface area contributed by atoms with Gasteiger partial charge in [-0.2, -0.15) is 0 Å². The third-order valence-electron chi connectivity index (χ3n) is 4.43. The number of hydroxylamine groups is 1. The number of aromatic nitrogens is 1. The summed E-state index contributed by atoms with van der Waals surface area (Å²) in [5.41, 5.74) is 4.15. The minimum Gasteiger partial charge on any atom is -0.651 e. The van der Waals surface area contributed by atoms with Crippen LogP contribution in [0.25, 0.3) is 5.32 Å². The van der Waals surface area contributed by atoms with Gasteiger partial charge in [0.05, 0.1) is 11.6 Å². The SMILES string of the molecule is CC([N-]Cc1ccc(CCC(=O)NO)cn1)c1cccc(F)c1.Fc1[c-]cc(F)c(F)c1F.[Os+2]. The van der Waals surface area contributed by atoms with Crippen LogP contribution in [0.4, 0.5) is 22.0 Å². The van der Waals surface area contributed by atoms with E-state index >= 15 is 0 Å². The van der Waals surface area contributed by atoms with Crippen LogP contribution in [0.5, 0.6) is 0 Å². The first-order chi connectivity index (χ1) is 15.7. The predicted octanol–water partition coefficient (Wildman–Crippen LogP) is 5.33. The van der Waals surface area contributed by atoms with Crippen LogP contribution in [-0.2, 0) is 37.6 Å². The van der Waals surface area contributed by atoms with E-state index in [9.17, 15) is 26.7 Å². The van der Waals surface area contributed by atoms with Crippen LogP contribution in [0.2, 0.25) is 0 Å². The maximum Gasteiger partial charge on any atom is 2.00 e. The Hall–Kier alpha value is -2.73. The van der Waals surface area contributed by atoms with Gasteiger partial charge in [0.25, 0.3) is 0 Å². The van der Waals surface area contributed by atoms with E-state index in [2.05, 4.69) is 10.3 Å². The van der Waals surface area contributed by atoms with Crippen molar-refractivity contribution in [1.29, 1.82) is 0 Å². The summed E-state index contributed by atoms with van der Waals surface area (Å²) in [4.78, 5) is 15.3. The summed E-state index contributed by atoms with van der Waals surface area (Å²) in [5.74, 6) is -7.29. The molecule has 0 aliphatic carbocycles. The van der Waals surface area contributed by atoms with E-state index in [-0.39, 0.29) is 38.1 Å². The fourth-order valence-electron chi connectivity index (χ4n) is 2.57. The molecule has 0 saturated heterocycles. The molecule has 0 aliphatic rings. The molecule has 0 saturated carbocycles. The number of aryl methyl sites for hydroxylation is 1. The standard InChI is InChI=1S/C17H19FN3O2.C6HF4.Os/c1-12(14-3-2-4-15(18)9-14)19-11-16-7-5-13(10-20-16)6-8-17(22)21-23;7-3-1-2-4(8)6(10)5(3)9;/h2-5,7,9-10,12,23H,6,8,11H2,1H3,(H,21,22);1H;/q2*-1;+2. The predicted molar refractivity (Wildman–Crippen MR) is 109 cm³/mol. The molecule has 1 unspecified atom stereocenters. The van der Waals surface area contributed by atoms with E-state index in [0.717, 1.165) is 16.8 Å². The van der Waals surface area contributed by atoms with Crippen LogP contribution in [0.3, 0.4) is 0 Å². The number of rotatable bonds is 7. The summed E-state index contributed by atoms with van der Waals surface area (Å²) in [6, 6.07) is 12.0. The van der Waals surface area contributed by atoms with Crippen molar-refractivity contribution in [3.05, 3.63) is 106 Å². The molecule has 3 aromatic rings. The number of amides is 1. The minimum atomic E-state index is -1.83. The van der Waals surface area contributed by atoms with Gasteiger partial charge < -0.3 is 5.32 Å². The zero-order valence-corrected chi connectivity index (χ0v) is 20.4. The molecule has 1 heterocycles. The van der Waals surface area contributed by atoms with Gasteiger partial charge in [-0.1, -0.05) is 30.7 Å². The maximum absolute atomic E-state index is 13.2. The Bertz CT molecular complexity index is 1040. The Balaban J connectivity index is 0.000000442. The number of hydrogen-bond donors (Lipinski definition) is 2. The molecule has 2 N–H and O–H groups in total. The van der Waals surface area contributed by atoms with Crippen LogP contribution >= 0.6 is 0 Å². The van der Waals surface area contributed by atoms with E-state index in [1.165, 1.54) is 12.1 Å². The average Bonchev–Trinajstić information content (AvgIpc) is 2.83. The second kappa shape index (κ2) is 14.5. The first kappa shape index (κ1) is 29.3. The van der Waals surface area contributed by atoms with Gasteiger partial charge in [-0.15, -0.1) is 24.7 Å². The third-order valence-corrected chi connectivity index (χ3v) is 4.43. The molecule has 11 heteroatoms. The van der Waals surface area contributed by atoms with Crippen LogP contribution in [0.15, 0.2) is 48.7 Å². The number of nitrogens with zero attached hydrogens (tertiary/aromatic N) is 2. The normalized spacial score (nSPS) is 11.0. The topological polar surface area (TPSA) is 76.3 Å². The van der Waals surface area contributed by atoms with Crippen molar-refractivity contribution in [3.63, 3.8) is 0 Å². The first-order valence-corrected chi connectivity index (χ1v) is 9.70. The third kappa shape index (κ3) is 9.25. The first-order valence-electron chi connectivity index (χ1n) is 9.70. The number of carbonyl (C=O) groups is 1. The van der Waals surface area contributed by atoms with Gasteiger partial charge in [-0.3, -0.25) is 23.8 Å². The molecule has 34 heavy (non-hydrogen) atoms. The molecule has 0 bridgehead atoms. The Morgan fingerprint density at radius 3 is 2.47 bits per heavy atom. The molecule has 1 amide bonds. The minimum absolute atomic E-state index is 0. The molecule has 2 aromatic carbocycles. The number of benzene rings is 2. The van der Waals surface area contributed by atoms with Crippen molar-refractivity contribution in [3.8, 4) is 0 Å². The molecule has 0 aliphatic heterocycles. The van der Waals surface area contributed by atoms with Gasteiger partial charge in [-0.05, 0) is 30.2 Å². The van der Waals surface area contributed by atoms with E-state index in [1.807, 2.05) is 25.1 Å². The van der Waals surface area contributed by atoms with Gasteiger partial charge in [0.1, 0.15) is 5.82 Å². The van der Waals surface area contributed by atoms with Crippen LogP contribution in [-0.4, -0.2) is 16.1 Å². The fourth-order valence-corrected chi connectivity index (χ4v) is 2.57. The zero-order valence-electron chi connectivity index (χ0n) is 17.8. The fraction of sp³-hybridized carbons (Fsp3) is 0.217. The van der Waals surface area contributed by atoms with E-state index < -0.39 is 29.2 Å². The molecule has 182 valence electrons. The average molecular weight is 656 g/mol. The Kier molecular flexibility index (Phi) is 12.5. The molecule has 0 spiro atoms. The molecular formula is C23H20F5N3O2Os. The molecule has 1 atom stereocenters. The summed E-state index contributed by atoms with van der Waals surface area (Å²) >= 11 is 0. The summed E-state index contributed by atoms with van der Waals surface area (Å²) in [6.07, 6.45) is 2.41. The van der Waals surface area contributed by atoms with Crippen molar-refractivity contribution < 1.29 is 51.7 Å². The Morgan fingerprint density at radius 2 is 1.88 bits per heavy atom. The molecular weight excluding hydrogens is 635 g/mol. The van der Waals surface area contributed by atoms with Gasteiger partial charge in [-0.25, -0.2) is 18.7 Å². The summed E-state index contributed by atoms with van der Waals surface area (Å²) in [7, 11) is 0.